The number of pyridine rings is 1. The van der Waals surface area contributed by atoms with Gasteiger partial charge >= 0.3 is 0 Å². The summed E-state index contributed by atoms with van der Waals surface area (Å²) in [4.78, 5) is 3.98. The molecule has 0 aliphatic rings. The van der Waals surface area contributed by atoms with Gasteiger partial charge in [-0.1, -0.05) is 6.92 Å². The van der Waals surface area contributed by atoms with Gasteiger partial charge in [0.25, 0.3) is 0 Å². The van der Waals surface area contributed by atoms with Gasteiger partial charge in [-0.3, -0.25) is 4.98 Å². The third kappa shape index (κ3) is 2.02. The molecule has 66 valence electrons. The van der Waals surface area contributed by atoms with Crippen LogP contribution in [0.2, 0.25) is 0 Å². The van der Waals surface area contributed by atoms with E-state index < -0.39 is 10.0 Å². The first kappa shape index (κ1) is 9.15. The summed E-state index contributed by atoms with van der Waals surface area (Å²) >= 11 is 0. The summed E-state index contributed by atoms with van der Waals surface area (Å²) in [6, 6.07) is 2.91. The lowest BCUT2D eigenvalue weighted by Gasteiger charge is -2.02. The maximum atomic E-state index is 11.3. The molecule has 0 aliphatic heterocycles. The predicted octanol–water partition coefficient (Wildman–Crippen LogP) is 0.380. The normalized spacial score (nSPS) is 11.4. The van der Waals surface area contributed by atoms with Crippen LogP contribution < -0.4 is 4.72 Å². The van der Waals surface area contributed by atoms with Gasteiger partial charge in [-0.25, -0.2) is 13.1 Å². The zero-order chi connectivity index (χ0) is 9.03. The van der Waals surface area contributed by atoms with E-state index in [1.54, 1.807) is 6.92 Å². The Labute approximate surface area is 71.7 Å². The molecule has 0 bridgehead atoms. The Hall–Kier alpha value is -0.940. The van der Waals surface area contributed by atoms with E-state index >= 15 is 0 Å². The van der Waals surface area contributed by atoms with E-state index in [0.29, 0.717) is 6.54 Å². The highest BCUT2D eigenvalue weighted by Crippen LogP contribution is 2.04. The minimum atomic E-state index is -3.30. The van der Waals surface area contributed by atoms with Crippen LogP contribution in [0.1, 0.15) is 6.92 Å². The number of rotatable bonds is 3. The lowest BCUT2D eigenvalue weighted by molar-refractivity contribution is 0.584. The maximum absolute atomic E-state index is 11.3. The van der Waals surface area contributed by atoms with Crippen molar-refractivity contribution in [3.05, 3.63) is 24.5 Å². The maximum Gasteiger partial charge on any atom is 0.240 e. The highest BCUT2D eigenvalue weighted by molar-refractivity contribution is 7.89. The van der Waals surface area contributed by atoms with Crippen LogP contribution in [0, 0.1) is 0 Å². The Bertz CT molecular complexity index is 334. The molecule has 1 N–H and O–H groups in total. The molecule has 0 saturated carbocycles. The molecule has 0 spiro atoms. The summed E-state index contributed by atoms with van der Waals surface area (Å²) in [7, 11) is -3.30. The number of nitrogens with zero attached hydrogens (tertiary/aromatic N) is 1. The molecule has 0 amide bonds. The molecule has 0 aliphatic carbocycles. The van der Waals surface area contributed by atoms with Gasteiger partial charge in [-0.15, -0.1) is 0 Å². The van der Waals surface area contributed by atoms with Crippen molar-refractivity contribution in [2.24, 2.45) is 0 Å². The lowest BCUT2D eigenvalue weighted by atomic mass is 10.5. The number of hydrogen-bond donors (Lipinski definition) is 1. The third-order valence-corrected chi connectivity index (χ3v) is 2.86. The van der Waals surface area contributed by atoms with Crippen molar-refractivity contribution in [1.29, 1.82) is 0 Å². The average molecular weight is 186 g/mol. The fraction of sp³-hybridized carbons (Fsp3) is 0.286. The molecule has 1 rings (SSSR count). The minimum Gasteiger partial charge on any atom is -0.265 e. The highest BCUT2D eigenvalue weighted by atomic mass is 32.2. The second-order valence-corrected chi connectivity index (χ2v) is 3.95. The van der Waals surface area contributed by atoms with E-state index in [1.165, 1.54) is 24.5 Å². The molecule has 5 heteroatoms. The van der Waals surface area contributed by atoms with Gasteiger partial charge in [-0.05, 0) is 12.1 Å². The second-order valence-electron chi connectivity index (χ2n) is 2.18. The summed E-state index contributed by atoms with van der Waals surface area (Å²) in [6.45, 7) is 2.13. The molecular formula is C7H10N2O2S. The molecule has 0 saturated heterocycles. The van der Waals surface area contributed by atoms with Crippen LogP contribution in [-0.2, 0) is 10.0 Å². The van der Waals surface area contributed by atoms with Gasteiger partial charge in [0.2, 0.25) is 10.0 Å². The van der Waals surface area contributed by atoms with E-state index in [0.717, 1.165) is 0 Å². The lowest BCUT2D eigenvalue weighted by Crippen LogP contribution is -2.22. The number of hydrogen-bond acceptors (Lipinski definition) is 3. The first-order valence-corrected chi connectivity index (χ1v) is 5.05. The SMILES string of the molecule is CCNS(=O)(=O)c1ccncc1. The van der Waals surface area contributed by atoms with Crippen LogP contribution in [0.5, 0.6) is 0 Å². The fourth-order valence-corrected chi connectivity index (χ4v) is 1.82. The van der Waals surface area contributed by atoms with E-state index in [-0.39, 0.29) is 4.90 Å². The van der Waals surface area contributed by atoms with Crippen LogP contribution in [0.4, 0.5) is 0 Å². The van der Waals surface area contributed by atoms with Gasteiger partial charge in [-0.2, -0.15) is 0 Å². The topological polar surface area (TPSA) is 59.1 Å². The van der Waals surface area contributed by atoms with Crippen molar-refractivity contribution >= 4 is 10.0 Å². The highest BCUT2D eigenvalue weighted by Gasteiger charge is 2.10. The van der Waals surface area contributed by atoms with Gasteiger partial charge in [0.1, 0.15) is 0 Å². The van der Waals surface area contributed by atoms with Gasteiger partial charge in [0.15, 0.2) is 0 Å². The van der Waals surface area contributed by atoms with Crippen LogP contribution >= 0.6 is 0 Å². The van der Waals surface area contributed by atoms with Crippen LogP contribution in [0.25, 0.3) is 0 Å². The average Bonchev–Trinajstić information content (AvgIpc) is 2.06. The number of nitrogens with one attached hydrogen (secondary N) is 1. The third-order valence-electron chi connectivity index (χ3n) is 1.29. The Balaban J connectivity index is 2.99. The van der Waals surface area contributed by atoms with Crippen LogP contribution in [0.15, 0.2) is 29.4 Å². The first-order chi connectivity index (χ1) is 5.67. The van der Waals surface area contributed by atoms with Crippen molar-refractivity contribution in [3.8, 4) is 0 Å². The molecule has 1 heterocycles. The van der Waals surface area contributed by atoms with Crippen molar-refractivity contribution in [1.82, 2.24) is 9.71 Å². The number of aromatic nitrogens is 1. The minimum absolute atomic E-state index is 0.249. The Morgan fingerprint density at radius 3 is 2.50 bits per heavy atom. The molecule has 1 aromatic rings. The fourth-order valence-electron chi connectivity index (χ4n) is 0.791. The monoisotopic (exact) mass is 186 g/mol. The largest absolute Gasteiger partial charge is 0.265 e. The standard InChI is InChI=1S/C7H10N2O2S/c1-2-9-12(10,11)7-3-5-8-6-4-7/h3-6,9H,2H2,1H3. The first-order valence-electron chi connectivity index (χ1n) is 3.56. The smallest absolute Gasteiger partial charge is 0.240 e. The van der Waals surface area contributed by atoms with Gasteiger partial charge < -0.3 is 0 Å². The summed E-state index contributed by atoms with van der Waals surface area (Å²) < 4.78 is 25.0. The van der Waals surface area contributed by atoms with E-state index in [1.807, 2.05) is 0 Å². The molecule has 0 atom stereocenters. The molecule has 1 aromatic heterocycles. The Morgan fingerprint density at radius 2 is 2.00 bits per heavy atom. The van der Waals surface area contributed by atoms with E-state index in [9.17, 15) is 8.42 Å². The van der Waals surface area contributed by atoms with Crippen LogP contribution in [-0.4, -0.2) is 19.9 Å². The zero-order valence-corrected chi connectivity index (χ0v) is 7.50. The van der Waals surface area contributed by atoms with Crippen molar-refractivity contribution in [2.75, 3.05) is 6.54 Å². The second kappa shape index (κ2) is 3.64. The summed E-state index contributed by atoms with van der Waals surface area (Å²) in [5.74, 6) is 0. The summed E-state index contributed by atoms with van der Waals surface area (Å²) in [5.41, 5.74) is 0. The quantitative estimate of drug-likeness (QED) is 0.742. The summed E-state index contributed by atoms with van der Waals surface area (Å²) in [5, 5.41) is 0. The van der Waals surface area contributed by atoms with E-state index in [4.69, 9.17) is 0 Å². The molecule has 0 fully saturated rings. The Kier molecular flexibility index (Phi) is 2.78. The molecular weight excluding hydrogens is 176 g/mol. The molecule has 0 unspecified atom stereocenters. The number of sulfonamides is 1. The molecule has 4 nitrogen and oxygen atoms in total. The zero-order valence-electron chi connectivity index (χ0n) is 6.69. The van der Waals surface area contributed by atoms with Gasteiger partial charge in [0, 0.05) is 18.9 Å². The molecule has 0 radical (unpaired) electrons. The molecule has 0 aromatic carbocycles. The summed E-state index contributed by atoms with van der Waals surface area (Å²) in [6.07, 6.45) is 2.90. The van der Waals surface area contributed by atoms with Gasteiger partial charge in [0.05, 0.1) is 4.90 Å². The predicted molar refractivity (Wildman–Crippen MR) is 45.1 cm³/mol. The van der Waals surface area contributed by atoms with Crippen LogP contribution in [0.3, 0.4) is 0 Å². The van der Waals surface area contributed by atoms with Crippen molar-refractivity contribution < 1.29 is 8.42 Å². The Morgan fingerprint density at radius 1 is 1.42 bits per heavy atom. The molecule has 12 heavy (non-hydrogen) atoms. The van der Waals surface area contributed by atoms with Crippen molar-refractivity contribution in [2.45, 2.75) is 11.8 Å². The van der Waals surface area contributed by atoms with Crippen molar-refractivity contribution in [3.63, 3.8) is 0 Å². The van der Waals surface area contributed by atoms with E-state index in [2.05, 4.69) is 9.71 Å².